The van der Waals surface area contributed by atoms with Crippen molar-refractivity contribution in [2.75, 3.05) is 0 Å². The van der Waals surface area contributed by atoms with Crippen LogP contribution in [0, 0.1) is 32.1 Å². The summed E-state index contributed by atoms with van der Waals surface area (Å²) < 4.78 is 0. The Morgan fingerprint density at radius 3 is 1.97 bits per heavy atom. The number of hydrogen-bond acceptors (Lipinski definition) is 1. The normalized spacial score (nSPS) is 24.3. The van der Waals surface area contributed by atoms with Crippen molar-refractivity contribution >= 4 is 23.9 Å². The average Bonchev–Trinajstić information content (AvgIpc) is 3.49. The molecule has 0 aromatic heterocycles. The molecular weight excluding hydrogens is 547 g/mol. The third kappa shape index (κ3) is 12.0. The van der Waals surface area contributed by atoms with Crippen LogP contribution in [0.2, 0.25) is 11.6 Å². The topological polar surface area (TPSA) is 3.24 Å². The molecule has 0 spiro atoms. The first kappa shape index (κ1) is 37.9. The molecule has 0 aromatic rings. The summed E-state index contributed by atoms with van der Waals surface area (Å²) in [6.45, 7) is 23.4. The minimum atomic E-state index is -0.826. The predicted octanol–water partition coefficient (Wildman–Crippen LogP) is 10.8. The first-order chi connectivity index (χ1) is 16.5. The Hall–Kier alpha value is 0.708. The Balaban J connectivity index is 0. The Morgan fingerprint density at radius 1 is 1.03 bits per heavy atom. The van der Waals surface area contributed by atoms with Gasteiger partial charge in [-0.2, -0.15) is 6.92 Å². The van der Waals surface area contributed by atoms with Crippen molar-refractivity contribution in [1.82, 2.24) is 4.81 Å². The summed E-state index contributed by atoms with van der Waals surface area (Å²) in [7, 11) is 9.87. The van der Waals surface area contributed by atoms with Crippen LogP contribution in [0.4, 0.5) is 0 Å². The van der Waals surface area contributed by atoms with Gasteiger partial charge in [0.25, 0.3) is 0 Å². The molecular formula is C30H56BCl2NZr. The number of unbranched alkanes of at least 4 members (excludes halogenated alkanes) is 1. The summed E-state index contributed by atoms with van der Waals surface area (Å²) in [6, 6.07) is 1.27. The van der Waals surface area contributed by atoms with Crippen molar-refractivity contribution in [2.45, 2.75) is 124 Å². The van der Waals surface area contributed by atoms with Crippen LogP contribution in [0.1, 0.15) is 99.8 Å². The Morgan fingerprint density at radius 2 is 1.51 bits per heavy atom. The first-order valence-electron chi connectivity index (χ1n) is 13.9. The van der Waals surface area contributed by atoms with Gasteiger partial charge in [0.15, 0.2) is 0 Å². The second-order valence-electron chi connectivity index (χ2n) is 10.0. The van der Waals surface area contributed by atoms with Crippen LogP contribution in [0.5, 0.6) is 0 Å². The summed E-state index contributed by atoms with van der Waals surface area (Å²) in [5, 5.41) is 0. The number of hydrogen-bond donors (Lipinski definition) is 0. The van der Waals surface area contributed by atoms with Crippen molar-refractivity contribution in [3.63, 3.8) is 0 Å². The molecule has 4 unspecified atom stereocenters. The molecule has 0 amide bonds. The zero-order valence-corrected chi connectivity index (χ0v) is 28.2. The van der Waals surface area contributed by atoms with Crippen LogP contribution in [0.15, 0.2) is 37.0 Å². The molecule has 202 valence electrons. The number of allylic oxidation sites excluding steroid dienone is 5. The van der Waals surface area contributed by atoms with Crippen LogP contribution in [-0.2, 0) is 20.8 Å². The van der Waals surface area contributed by atoms with E-state index in [4.69, 9.17) is 17.0 Å². The number of fused-ring (bicyclic) bond motifs is 1. The third-order valence-corrected chi connectivity index (χ3v) is 7.68. The fourth-order valence-electron chi connectivity index (χ4n) is 6.80. The number of rotatable bonds is 9. The Kier molecular flexibility index (Phi) is 24.5. The molecule has 2 saturated carbocycles. The summed E-state index contributed by atoms with van der Waals surface area (Å²) >= 11 is -0.826. The molecule has 0 radical (unpaired) electrons. The molecule has 3 aliphatic rings. The second kappa shape index (κ2) is 22.7. The predicted molar refractivity (Wildman–Crippen MR) is 162 cm³/mol. The van der Waals surface area contributed by atoms with Crippen molar-refractivity contribution in [2.24, 2.45) is 17.8 Å². The van der Waals surface area contributed by atoms with E-state index in [-0.39, 0.29) is 7.43 Å². The van der Waals surface area contributed by atoms with Crippen molar-refractivity contribution < 1.29 is 20.8 Å². The van der Waals surface area contributed by atoms with E-state index >= 15 is 0 Å². The van der Waals surface area contributed by atoms with Crippen molar-refractivity contribution in [3.8, 4) is 0 Å². The van der Waals surface area contributed by atoms with Gasteiger partial charge in [0.1, 0.15) is 0 Å². The quantitative estimate of drug-likeness (QED) is 0.110. The van der Waals surface area contributed by atoms with Gasteiger partial charge in [0, 0.05) is 0 Å². The van der Waals surface area contributed by atoms with Crippen LogP contribution in [0.3, 0.4) is 0 Å². The van der Waals surface area contributed by atoms with Gasteiger partial charge >= 0.3 is 37.9 Å². The molecule has 0 aliphatic heterocycles. The van der Waals surface area contributed by atoms with Gasteiger partial charge in [-0.1, -0.05) is 104 Å². The number of nitrogens with zero attached hydrogens (tertiary/aromatic N) is 1. The molecule has 1 nitrogen and oxygen atoms in total. The molecule has 0 heterocycles. The molecule has 5 heteroatoms. The molecule has 2 fully saturated rings. The number of halogens is 2. The Labute approximate surface area is 240 Å². The van der Waals surface area contributed by atoms with Crippen molar-refractivity contribution in [3.05, 3.63) is 51.3 Å². The SMILES string of the molecule is C=CCCCC1CC(B(C2CCCC2)N(C(C)C)C(C)C)C2C=CC=CC12.CC.[CH2-]C.[CH3-].[Cl][Zr+2][Cl]. The summed E-state index contributed by atoms with van der Waals surface area (Å²) in [5.74, 6) is 4.14. The van der Waals surface area contributed by atoms with Gasteiger partial charge in [-0.3, -0.25) is 0 Å². The molecule has 0 N–H and O–H groups in total. The molecule has 35 heavy (non-hydrogen) atoms. The molecule has 0 saturated heterocycles. The van der Waals surface area contributed by atoms with Gasteiger partial charge in [0.05, 0.1) is 0 Å². The van der Waals surface area contributed by atoms with Gasteiger partial charge in [0.2, 0.25) is 6.85 Å². The first-order valence-corrected chi connectivity index (χ1v) is 20.2. The van der Waals surface area contributed by atoms with Gasteiger partial charge in [-0.15, -0.1) is 6.58 Å². The molecule has 0 bridgehead atoms. The van der Waals surface area contributed by atoms with Crippen LogP contribution < -0.4 is 0 Å². The van der Waals surface area contributed by atoms with Crippen LogP contribution in [0.25, 0.3) is 0 Å². The van der Waals surface area contributed by atoms with E-state index in [1.807, 2.05) is 13.8 Å². The zero-order chi connectivity index (χ0) is 26.1. The Bertz CT molecular complexity index is 553. The maximum atomic E-state index is 4.93. The summed E-state index contributed by atoms with van der Waals surface area (Å²) in [6.07, 6.45) is 23.0. The maximum absolute atomic E-state index is 4.93. The van der Waals surface area contributed by atoms with Gasteiger partial charge in [-0.05, 0) is 60.7 Å². The minimum absolute atomic E-state index is 0. The van der Waals surface area contributed by atoms with E-state index in [2.05, 4.69) is 76.4 Å². The molecule has 4 atom stereocenters. The van der Waals surface area contributed by atoms with E-state index in [0.29, 0.717) is 12.1 Å². The van der Waals surface area contributed by atoms with E-state index < -0.39 is 20.8 Å². The third-order valence-electron chi connectivity index (χ3n) is 7.68. The fourth-order valence-corrected chi connectivity index (χ4v) is 6.80. The second-order valence-corrected chi connectivity index (χ2v) is 13.8. The van der Waals surface area contributed by atoms with E-state index in [1.165, 1.54) is 51.4 Å². The van der Waals surface area contributed by atoms with Crippen LogP contribution >= 0.6 is 17.0 Å². The molecule has 0 aromatic carbocycles. The monoisotopic (exact) mass is 601 g/mol. The van der Waals surface area contributed by atoms with E-state index in [9.17, 15) is 0 Å². The fraction of sp³-hybridized carbons (Fsp3) is 0.733. The van der Waals surface area contributed by atoms with E-state index in [1.54, 1.807) is 6.92 Å². The van der Waals surface area contributed by atoms with Gasteiger partial charge in [-0.25, -0.2) is 0 Å². The van der Waals surface area contributed by atoms with Crippen molar-refractivity contribution in [1.29, 1.82) is 0 Å². The molecule has 3 rings (SSSR count). The van der Waals surface area contributed by atoms with Crippen LogP contribution in [-0.4, -0.2) is 23.7 Å². The average molecular weight is 604 g/mol. The zero-order valence-electron chi connectivity index (χ0n) is 24.3. The summed E-state index contributed by atoms with van der Waals surface area (Å²) in [5.41, 5.74) is 0. The molecule has 3 aliphatic carbocycles. The van der Waals surface area contributed by atoms with E-state index in [0.717, 1.165) is 36.2 Å². The standard InChI is InChI=1S/C25H42BN.C2H6.C2H5.CH3.2ClH.Zr/c1-6-7-8-13-21-18-25(24-17-12-11-16-23(21)24)26(22-14-9-10-15-22)27(19(2)3)20(4)5;2*1-2;;;;/h6,11-12,16-17,19-25H,1,7-10,13-15,18H2,2-5H3;1-2H3;1H2,2H3;1H3;2*1H;/q;;2*-1;;;+4/p-2. The van der Waals surface area contributed by atoms with Gasteiger partial charge < -0.3 is 19.2 Å². The summed E-state index contributed by atoms with van der Waals surface area (Å²) in [4.78, 5) is 2.90.